The first-order valence-corrected chi connectivity index (χ1v) is 3.39. The van der Waals surface area contributed by atoms with E-state index in [1.165, 1.54) is 19.3 Å². The molecule has 0 radical (unpaired) electrons. The van der Waals surface area contributed by atoms with Crippen LogP contribution in [0.4, 0.5) is 0 Å². The minimum Gasteiger partial charge on any atom is -0.361 e. The number of carbonyl (C=O) groups excluding carboxylic acids is 1. The number of pyridine rings is 1. The quantitative estimate of drug-likeness (QED) is 0.280. The Labute approximate surface area is 69.5 Å². The van der Waals surface area contributed by atoms with Crippen molar-refractivity contribution in [3.63, 3.8) is 0 Å². The minimum absolute atomic E-state index is 0.0706. The Hall–Kier alpha value is -1.80. The lowest BCUT2D eigenvalue weighted by molar-refractivity contribution is -0.00678. The molecule has 0 saturated carbocycles. The highest BCUT2D eigenvalue weighted by atomic mass is 16.1. The van der Waals surface area contributed by atoms with Gasteiger partial charge in [-0.25, -0.2) is 0 Å². The summed E-state index contributed by atoms with van der Waals surface area (Å²) in [5.41, 5.74) is 8.86. The molecule has 4 heteroatoms. The highest BCUT2D eigenvalue weighted by molar-refractivity contribution is 6.43. The second-order valence-corrected chi connectivity index (χ2v) is 2.25. The maximum absolute atomic E-state index is 11.3. The van der Waals surface area contributed by atoms with Crippen molar-refractivity contribution in [2.24, 2.45) is 0 Å². The van der Waals surface area contributed by atoms with Gasteiger partial charge in [-0.3, -0.25) is 9.78 Å². The first-order chi connectivity index (χ1) is 5.75. The van der Waals surface area contributed by atoms with E-state index in [1.54, 1.807) is 12.1 Å². The number of Topliss-reactive ketones (excluding diaryl/α,β-unsaturated/α-hetero) is 1. The molecule has 0 aromatic carbocycles. The summed E-state index contributed by atoms with van der Waals surface area (Å²) < 4.78 is 0. The van der Waals surface area contributed by atoms with E-state index in [1.807, 2.05) is 0 Å². The topological polar surface area (TPSA) is 66.4 Å². The summed E-state index contributed by atoms with van der Waals surface area (Å²) in [6.07, 6.45) is 3.02. The van der Waals surface area contributed by atoms with Crippen LogP contribution in [0.15, 0.2) is 24.5 Å². The Morgan fingerprint density at radius 2 is 2.08 bits per heavy atom. The second kappa shape index (κ2) is 3.55. The highest BCUT2D eigenvalue weighted by Gasteiger charge is 2.14. The monoisotopic (exact) mass is 161 g/mol. The average molecular weight is 161 g/mol. The zero-order valence-corrected chi connectivity index (χ0v) is 6.56. The summed E-state index contributed by atoms with van der Waals surface area (Å²) in [5.74, 6) is -0.292. The van der Waals surface area contributed by atoms with E-state index in [9.17, 15) is 4.79 Å². The fourth-order valence-electron chi connectivity index (χ4n) is 0.758. The zero-order valence-electron chi connectivity index (χ0n) is 6.56. The lowest BCUT2D eigenvalue weighted by Crippen LogP contribution is -2.11. The molecule has 0 N–H and O–H groups in total. The molecule has 12 heavy (non-hydrogen) atoms. The van der Waals surface area contributed by atoms with Gasteiger partial charge in [0.25, 0.3) is 5.78 Å². The van der Waals surface area contributed by atoms with Crippen molar-refractivity contribution in [2.45, 2.75) is 6.92 Å². The Morgan fingerprint density at radius 1 is 1.50 bits per heavy atom. The summed E-state index contributed by atoms with van der Waals surface area (Å²) in [7, 11) is 0. The maximum atomic E-state index is 11.3. The van der Waals surface area contributed by atoms with Gasteiger partial charge in [-0.1, -0.05) is 0 Å². The van der Waals surface area contributed by atoms with Gasteiger partial charge in [0.2, 0.25) is 0 Å². The van der Waals surface area contributed by atoms with Crippen LogP contribution in [0.5, 0.6) is 0 Å². The molecule has 1 rings (SSSR count). The van der Waals surface area contributed by atoms with Gasteiger partial charge in [-0.2, -0.15) is 4.79 Å². The molecule has 4 nitrogen and oxygen atoms in total. The molecule has 1 heterocycles. The van der Waals surface area contributed by atoms with Gasteiger partial charge in [0.15, 0.2) is 0 Å². The Kier molecular flexibility index (Phi) is 2.46. The average Bonchev–Trinajstić information content (AvgIpc) is 2.17. The molecule has 1 aromatic heterocycles. The Bertz CT molecular complexity index is 339. The number of rotatable bonds is 2. The first-order valence-electron chi connectivity index (χ1n) is 3.39. The number of carbonyl (C=O) groups is 1. The third-order valence-corrected chi connectivity index (χ3v) is 1.42. The van der Waals surface area contributed by atoms with Crippen LogP contribution in [-0.4, -0.2) is 21.3 Å². The van der Waals surface area contributed by atoms with E-state index in [2.05, 4.69) is 9.77 Å². The molecular weight excluding hydrogens is 154 g/mol. The van der Waals surface area contributed by atoms with Crippen LogP contribution in [0.3, 0.4) is 0 Å². The van der Waals surface area contributed by atoms with Gasteiger partial charge in [0.1, 0.15) is 0 Å². The maximum Gasteiger partial charge on any atom is 0.336 e. The third kappa shape index (κ3) is 1.62. The van der Waals surface area contributed by atoms with Gasteiger partial charge in [-0.05, 0) is 12.1 Å². The molecule has 0 amide bonds. The summed E-state index contributed by atoms with van der Waals surface area (Å²) >= 11 is 0. The van der Waals surface area contributed by atoms with Gasteiger partial charge >= 0.3 is 5.71 Å². The van der Waals surface area contributed by atoms with Gasteiger partial charge in [0.05, 0.1) is 0 Å². The smallest absolute Gasteiger partial charge is 0.336 e. The second-order valence-electron chi connectivity index (χ2n) is 2.25. The molecule has 0 bridgehead atoms. The lowest BCUT2D eigenvalue weighted by atomic mass is 10.1. The van der Waals surface area contributed by atoms with Crippen molar-refractivity contribution in [3.05, 3.63) is 35.6 Å². The molecule has 0 aliphatic carbocycles. The van der Waals surface area contributed by atoms with Gasteiger partial charge in [-0.15, -0.1) is 0 Å². The lowest BCUT2D eigenvalue weighted by Gasteiger charge is -1.90. The molecule has 1 aromatic rings. The molecule has 0 aliphatic rings. The van der Waals surface area contributed by atoms with Crippen molar-refractivity contribution in [2.75, 3.05) is 0 Å². The predicted molar refractivity (Wildman–Crippen MR) is 42.9 cm³/mol. The van der Waals surface area contributed by atoms with Gasteiger partial charge < -0.3 is 5.53 Å². The third-order valence-electron chi connectivity index (χ3n) is 1.42. The van der Waals surface area contributed by atoms with Crippen LogP contribution in [0, 0.1) is 0 Å². The largest absolute Gasteiger partial charge is 0.361 e. The molecule has 0 fully saturated rings. The zero-order chi connectivity index (χ0) is 8.97. The van der Waals surface area contributed by atoms with Crippen molar-refractivity contribution in [1.82, 2.24) is 4.98 Å². The van der Waals surface area contributed by atoms with E-state index in [4.69, 9.17) is 5.53 Å². The molecule has 0 spiro atoms. The number of aromatic nitrogens is 1. The van der Waals surface area contributed by atoms with Crippen molar-refractivity contribution in [3.8, 4) is 0 Å². The SMILES string of the molecule is CC(=[N+]=[N-])C(=O)c1ccncc1. The molecule has 0 atom stereocenters. The molecule has 60 valence electrons. The fraction of sp³-hybridized carbons (Fsp3) is 0.125. The number of ketones is 1. The standard InChI is InChI=1S/C8H7N3O/c1-6(11-9)8(12)7-2-4-10-5-3-7/h2-5H,1H3. The van der Waals surface area contributed by atoms with Crippen LogP contribution in [0.1, 0.15) is 17.3 Å². The number of nitrogens with zero attached hydrogens (tertiary/aromatic N) is 3. The fourth-order valence-corrected chi connectivity index (χ4v) is 0.758. The summed E-state index contributed by atoms with van der Waals surface area (Å²) in [5, 5.41) is 0. The van der Waals surface area contributed by atoms with Crippen molar-refractivity contribution >= 4 is 11.5 Å². The summed E-state index contributed by atoms with van der Waals surface area (Å²) in [6.45, 7) is 1.45. The van der Waals surface area contributed by atoms with Crippen molar-refractivity contribution < 1.29 is 9.58 Å². The van der Waals surface area contributed by atoms with E-state index in [-0.39, 0.29) is 11.5 Å². The number of hydrogen-bond acceptors (Lipinski definition) is 2. The predicted octanol–water partition coefficient (Wildman–Crippen LogP) is 0.955. The molecule has 0 unspecified atom stereocenters. The van der Waals surface area contributed by atoms with E-state index in [0.29, 0.717) is 5.56 Å². The van der Waals surface area contributed by atoms with E-state index < -0.39 is 0 Å². The van der Waals surface area contributed by atoms with E-state index in [0.717, 1.165) is 0 Å². The summed E-state index contributed by atoms with van der Waals surface area (Å²) in [6, 6.07) is 3.13. The van der Waals surface area contributed by atoms with Gasteiger partial charge in [0, 0.05) is 24.9 Å². The highest BCUT2D eigenvalue weighted by Crippen LogP contribution is 1.97. The molecule has 0 aliphatic heterocycles. The Balaban J connectivity index is 3.02. The molecular formula is C8H7N3O. The van der Waals surface area contributed by atoms with Crippen LogP contribution < -0.4 is 0 Å². The minimum atomic E-state index is -0.292. The van der Waals surface area contributed by atoms with Crippen LogP contribution in [-0.2, 0) is 0 Å². The van der Waals surface area contributed by atoms with Crippen LogP contribution >= 0.6 is 0 Å². The van der Waals surface area contributed by atoms with E-state index >= 15 is 0 Å². The summed E-state index contributed by atoms with van der Waals surface area (Å²) in [4.78, 5) is 17.8. The van der Waals surface area contributed by atoms with Crippen molar-refractivity contribution in [1.29, 1.82) is 0 Å². The van der Waals surface area contributed by atoms with Crippen LogP contribution in [0.2, 0.25) is 0 Å². The first kappa shape index (κ1) is 8.30. The van der Waals surface area contributed by atoms with Crippen LogP contribution in [0.25, 0.3) is 5.53 Å². The number of hydrogen-bond donors (Lipinski definition) is 0. The molecule has 0 saturated heterocycles. The normalized spacial score (nSPS) is 8.75. The Morgan fingerprint density at radius 3 is 2.58 bits per heavy atom.